The summed E-state index contributed by atoms with van der Waals surface area (Å²) < 4.78 is 37.6. The zero-order valence-electron chi connectivity index (χ0n) is 14.2. The summed E-state index contributed by atoms with van der Waals surface area (Å²) in [7, 11) is 1.61. The second-order valence-electron chi connectivity index (χ2n) is 6.02. The minimum Gasteiger partial charge on any atom is -0.338 e. The fraction of sp³-hybridized carbons (Fsp3) is 0.316. The van der Waals surface area contributed by atoms with Gasteiger partial charge in [0.05, 0.1) is 5.56 Å². The summed E-state index contributed by atoms with van der Waals surface area (Å²) in [6, 6.07) is 12.6. The van der Waals surface area contributed by atoms with Gasteiger partial charge in [0, 0.05) is 20.1 Å². The number of benzene rings is 2. The topological polar surface area (TPSA) is 32.3 Å². The quantitative estimate of drug-likeness (QED) is 0.852. The standard InChI is InChI=1S/C19H21F3N2O/c1-14-4-3-5-15(12-14)10-11-23-18(25)24(2)13-16-6-8-17(9-7-16)19(20,21)22/h3-9,12H,10-11,13H2,1-2H3,(H,23,25). The van der Waals surface area contributed by atoms with Crippen LogP contribution in [0.15, 0.2) is 48.5 Å². The Bertz CT molecular complexity index is 711. The van der Waals surface area contributed by atoms with Crippen molar-refractivity contribution in [1.82, 2.24) is 10.2 Å². The third kappa shape index (κ3) is 5.81. The Hall–Kier alpha value is -2.50. The van der Waals surface area contributed by atoms with Gasteiger partial charge in [-0.05, 0) is 36.6 Å². The Morgan fingerprint density at radius 1 is 1.08 bits per heavy atom. The van der Waals surface area contributed by atoms with E-state index in [4.69, 9.17) is 0 Å². The lowest BCUT2D eigenvalue weighted by Gasteiger charge is -2.18. The van der Waals surface area contributed by atoms with Gasteiger partial charge in [0.1, 0.15) is 0 Å². The van der Waals surface area contributed by atoms with Crippen molar-refractivity contribution < 1.29 is 18.0 Å². The second kappa shape index (κ2) is 8.05. The van der Waals surface area contributed by atoms with Crippen molar-refractivity contribution in [1.29, 1.82) is 0 Å². The summed E-state index contributed by atoms with van der Waals surface area (Å²) >= 11 is 0. The number of amides is 2. The van der Waals surface area contributed by atoms with Gasteiger partial charge < -0.3 is 10.2 Å². The van der Waals surface area contributed by atoms with Crippen LogP contribution in [0.25, 0.3) is 0 Å². The fourth-order valence-corrected chi connectivity index (χ4v) is 2.46. The van der Waals surface area contributed by atoms with Gasteiger partial charge >= 0.3 is 12.2 Å². The van der Waals surface area contributed by atoms with Crippen LogP contribution in [-0.4, -0.2) is 24.5 Å². The molecule has 0 aliphatic carbocycles. The molecule has 3 nitrogen and oxygen atoms in total. The zero-order valence-corrected chi connectivity index (χ0v) is 14.2. The molecule has 2 aromatic rings. The first-order valence-corrected chi connectivity index (χ1v) is 7.96. The van der Waals surface area contributed by atoms with Gasteiger partial charge in [0.15, 0.2) is 0 Å². The van der Waals surface area contributed by atoms with Gasteiger partial charge in [0.25, 0.3) is 0 Å². The first-order valence-electron chi connectivity index (χ1n) is 7.96. The highest BCUT2D eigenvalue weighted by molar-refractivity contribution is 5.73. The molecule has 0 aromatic heterocycles. The second-order valence-corrected chi connectivity index (χ2v) is 6.02. The van der Waals surface area contributed by atoms with Crippen molar-refractivity contribution in [3.8, 4) is 0 Å². The van der Waals surface area contributed by atoms with Gasteiger partial charge in [-0.2, -0.15) is 13.2 Å². The number of aryl methyl sites for hydroxylation is 1. The summed E-state index contributed by atoms with van der Waals surface area (Å²) in [5.41, 5.74) is 2.26. The number of hydrogen-bond acceptors (Lipinski definition) is 1. The van der Waals surface area contributed by atoms with Crippen molar-refractivity contribution in [3.05, 3.63) is 70.8 Å². The highest BCUT2D eigenvalue weighted by Gasteiger charge is 2.29. The number of carbonyl (C=O) groups is 1. The van der Waals surface area contributed by atoms with E-state index in [2.05, 4.69) is 11.4 Å². The van der Waals surface area contributed by atoms with Crippen LogP contribution in [0.5, 0.6) is 0 Å². The SMILES string of the molecule is Cc1cccc(CCNC(=O)N(C)Cc2ccc(C(F)(F)F)cc2)c1. The number of halogens is 3. The van der Waals surface area contributed by atoms with E-state index in [1.807, 2.05) is 25.1 Å². The molecular weight excluding hydrogens is 329 g/mol. The Labute approximate surface area is 145 Å². The number of rotatable bonds is 5. The van der Waals surface area contributed by atoms with Crippen LogP contribution in [0.1, 0.15) is 22.3 Å². The zero-order chi connectivity index (χ0) is 18.4. The number of nitrogens with zero attached hydrogens (tertiary/aromatic N) is 1. The largest absolute Gasteiger partial charge is 0.416 e. The summed E-state index contributed by atoms with van der Waals surface area (Å²) in [6.07, 6.45) is -3.63. The molecule has 0 radical (unpaired) electrons. The third-order valence-corrected chi connectivity index (χ3v) is 3.82. The molecule has 6 heteroatoms. The first kappa shape index (κ1) is 18.8. The molecule has 0 spiro atoms. The average Bonchev–Trinajstić information content (AvgIpc) is 2.54. The van der Waals surface area contributed by atoms with Crippen LogP contribution in [-0.2, 0) is 19.1 Å². The molecule has 25 heavy (non-hydrogen) atoms. The molecule has 0 saturated heterocycles. The van der Waals surface area contributed by atoms with E-state index in [0.717, 1.165) is 24.1 Å². The molecular formula is C19H21F3N2O. The highest BCUT2D eigenvalue weighted by atomic mass is 19.4. The predicted molar refractivity (Wildman–Crippen MR) is 91.2 cm³/mol. The molecule has 0 heterocycles. The molecule has 0 unspecified atom stereocenters. The summed E-state index contributed by atoms with van der Waals surface area (Å²) in [4.78, 5) is 13.5. The van der Waals surface area contributed by atoms with Crippen molar-refractivity contribution in [2.24, 2.45) is 0 Å². The lowest BCUT2D eigenvalue weighted by Crippen LogP contribution is -2.37. The van der Waals surface area contributed by atoms with Crippen molar-refractivity contribution >= 4 is 6.03 Å². The number of hydrogen-bond donors (Lipinski definition) is 1. The van der Waals surface area contributed by atoms with Crippen LogP contribution in [0.2, 0.25) is 0 Å². The fourth-order valence-electron chi connectivity index (χ4n) is 2.46. The molecule has 2 rings (SSSR count). The number of carbonyl (C=O) groups excluding carboxylic acids is 1. The van der Waals surface area contributed by atoms with E-state index in [1.165, 1.54) is 22.6 Å². The lowest BCUT2D eigenvalue weighted by atomic mass is 10.1. The van der Waals surface area contributed by atoms with Crippen LogP contribution in [0.3, 0.4) is 0 Å². The highest BCUT2D eigenvalue weighted by Crippen LogP contribution is 2.29. The molecule has 2 aromatic carbocycles. The maximum Gasteiger partial charge on any atom is 0.416 e. The van der Waals surface area contributed by atoms with Gasteiger partial charge in [0.2, 0.25) is 0 Å². The van der Waals surface area contributed by atoms with Crippen LogP contribution >= 0.6 is 0 Å². The van der Waals surface area contributed by atoms with E-state index < -0.39 is 11.7 Å². The maximum atomic E-state index is 12.5. The number of alkyl halides is 3. The Balaban J connectivity index is 1.81. The summed E-state index contributed by atoms with van der Waals surface area (Å²) in [5, 5.41) is 2.81. The molecule has 0 aliphatic heterocycles. The minimum atomic E-state index is -4.35. The van der Waals surface area contributed by atoms with Crippen LogP contribution in [0.4, 0.5) is 18.0 Å². The lowest BCUT2D eigenvalue weighted by molar-refractivity contribution is -0.137. The number of nitrogens with one attached hydrogen (secondary N) is 1. The summed E-state index contributed by atoms with van der Waals surface area (Å²) in [5.74, 6) is 0. The monoisotopic (exact) mass is 350 g/mol. The van der Waals surface area contributed by atoms with Crippen LogP contribution < -0.4 is 5.32 Å². The molecule has 0 bridgehead atoms. The number of urea groups is 1. The van der Waals surface area contributed by atoms with Gasteiger partial charge in [-0.25, -0.2) is 4.79 Å². The smallest absolute Gasteiger partial charge is 0.338 e. The van der Waals surface area contributed by atoms with E-state index in [0.29, 0.717) is 12.1 Å². The minimum absolute atomic E-state index is 0.244. The Morgan fingerprint density at radius 3 is 2.36 bits per heavy atom. The van der Waals surface area contributed by atoms with E-state index >= 15 is 0 Å². The molecule has 0 fully saturated rings. The van der Waals surface area contributed by atoms with Gasteiger partial charge in [-0.3, -0.25) is 0 Å². The maximum absolute atomic E-state index is 12.5. The van der Waals surface area contributed by atoms with Crippen molar-refractivity contribution in [3.63, 3.8) is 0 Å². The van der Waals surface area contributed by atoms with E-state index in [-0.39, 0.29) is 12.6 Å². The molecule has 134 valence electrons. The molecule has 0 saturated carbocycles. The van der Waals surface area contributed by atoms with Crippen molar-refractivity contribution in [2.45, 2.75) is 26.1 Å². The summed E-state index contributed by atoms with van der Waals surface area (Å²) in [6.45, 7) is 2.76. The third-order valence-electron chi connectivity index (χ3n) is 3.82. The average molecular weight is 350 g/mol. The predicted octanol–water partition coefficient (Wildman–Crippen LogP) is 4.40. The van der Waals surface area contributed by atoms with Crippen LogP contribution in [0, 0.1) is 6.92 Å². The molecule has 1 N–H and O–H groups in total. The molecule has 0 aliphatic rings. The first-order chi connectivity index (χ1) is 11.8. The Morgan fingerprint density at radius 2 is 1.76 bits per heavy atom. The van der Waals surface area contributed by atoms with Crippen molar-refractivity contribution in [2.75, 3.05) is 13.6 Å². The normalized spacial score (nSPS) is 11.2. The Kier molecular flexibility index (Phi) is 6.07. The van der Waals surface area contributed by atoms with Gasteiger partial charge in [-0.15, -0.1) is 0 Å². The van der Waals surface area contributed by atoms with Gasteiger partial charge in [-0.1, -0.05) is 42.0 Å². The molecule has 0 atom stereocenters. The van der Waals surface area contributed by atoms with E-state index in [9.17, 15) is 18.0 Å². The molecule has 2 amide bonds. The van der Waals surface area contributed by atoms with E-state index in [1.54, 1.807) is 7.05 Å².